The van der Waals surface area contributed by atoms with E-state index in [0.717, 1.165) is 11.3 Å². The Morgan fingerprint density at radius 3 is 2.33 bits per heavy atom. The van der Waals surface area contributed by atoms with Crippen LogP contribution in [0.25, 0.3) is 5.69 Å². The average Bonchev–Trinajstić information content (AvgIpc) is 3.22. The zero-order valence-corrected chi connectivity index (χ0v) is 15.2. The Hall–Kier alpha value is -3.48. The van der Waals surface area contributed by atoms with E-state index in [-0.39, 0.29) is 17.7 Å². The van der Waals surface area contributed by atoms with Gasteiger partial charge in [-0.2, -0.15) is 5.10 Å². The van der Waals surface area contributed by atoms with E-state index in [0.29, 0.717) is 17.8 Å². The van der Waals surface area contributed by atoms with Crippen LogP contribution in [0.1, 0.15) is 29.8 Å². The Bertz CT molecular complexity index is 901. The van der Waals surface area contributed by atoms with Crippen LogP contribution in [0.2, 0.25) is 0 Å². The molecule has 0 aliphatic rings. The number of hydrogen-bond donors (Lipinski definition) is 2. The Labute approximate surface area is 157 Å². The van der Waals surface area contributed by atoms with Gasteiger partial charge in [0.2, 0.25) is 5.91 Å². The molecular formula is C20H21N5O2. The van der Waals surface area contributed by atoms with E-state index in [1.54, 1.807) is 35.3 Å². The Kier molecular flexibility index (Phi) is 5.61. The summed E-state index contributed by atoms with van der Waals surface area (Å²) in [7, 11) is 0. The second-order valence-electron chi connectivity index (χ2n) is 6.41. The van der Waals surface area contributed by atoms with E-state index in [1.807, 2.05) is 38.1 Å². The van der Waals surface area contributed by atoms with Gasteiger partial charge in [-0.15, -0.1) is 0 Å². The molecule has 2 amide bonds. The number of nitrogens with zero attached hydrogens (tertiary/aromatic N) is 3. The minimum Gasteiger partial charge on any atom is -0.348 e. The van der Waals surface area contributed by atoms with Crippen LogP contribution in [0, 0.1) is 5.92 Å². The van der Waals surface area contributed by atoms with Gasteiger partial charge in [-0.3, -0.25) is 9.59 Å². The molecule has 0 atom stereocenters. The van der Waals surface area contributed by atoms with Crippen LogP contribution >= 0.6 is 0 Å². The van der Waals surface area contributed by atoms with Gasteiger partial charge in [0.15, 0.2) is 0 Å². The minimum absolute atomic E-state index is 0.0541. The van der Waals surface area contributed by atoms with Crippen molar-refractivity contribution in [2.75, 3.05) is 5.32 Å². The van der Waals surface area contributed by atoms with Crippen molar-refractivity contribution in [2.24, 2.45) is 5.92 Å². The lowest BCUT2D eigenvalue weighted by Crippen LogP contribution is -2.23. The van der Waals surface area contributed by atoms with Crippen molar-refractivity contribution >= 4 is 17.5 Å². The molecule has 3 rings (SSSR count). The van der Waals surface area contributed by atoms with Crippen LogP contribution < -0.4 is 10.6 Å². The van der Waals surface area contributed by atoms with Gasteiger partial charge in [-0.1, -0.05) is 26.0 Å². The van der Waals surface area contributed by atoms with Crippen molar-refractivity contribution in [1.29, 1.82) is 0 Å². The molecule has 7 nitrogen and oxygen atoms in total. The van der Waals surface area contributed by atoms with Crippen molar-refractivity contribution in [2.45, 2.75) is 20.4 Å². The number of hydrogen-bond acceptors (Lipinski definition) is 4. The first-order valence-corrected chi connectivity index (χ1v) is 8.66. The van der Waals surface area contributed by atoms with E-state index >= 15 is 0 Å². The quantitative estimate of drug-likeness (QED) is 0.705. The van der Waals surface area contributed by atoms with Gasteiger partial charge in [-0.25, -0.2) is 9.67 Å². The van der Waals surface area contributed by atoms with Crippen LogP contribution in [0.3, 0.4) is 0 Å². The zero-order valence-electron chi connectivity index (χ0n) is 15.2. The van der Waals surface area contributed by atoms with Gasteiger partial charge in [0.25, 0.3) is 5.91 Å². The maximum Gasteiger partial charge on any atom is 0.251 e. The summed E-state index contributed by atoms with van der Waals surface area (Å²) in [4.78, 5) is 27.9. The molecule has 0 fully saturated rings. The van der Waals surface area contributed by atoms with Gasteiger partial charge in [0, 0.05) is 23.7 Å². The Balaban J connectivity index is 1.55. The van der Waals surface area contributed by atoms with E-state index in [1.165, 1.54) is 6.33 Å². The fraction of sp³-hybridized carbons (Fsp3) is 0.200. The molecule has 27 heavy (non-hydrogen) atoms. The molecule has 2 N–H and O–H groups in total. The van der Waals surface area contributed by atoms with Gasteiger partial charge in [0.1, 0.15) is 12.7 Å². The lowest BCUT2D eigenvalue weighted by atomic mass is 10.1. The molecule has 0 aliphatic carbocycles. The monoisotopic (exact) mass is 363 g/mol. The van der Waals surface area contributed by atoms with Crippen LogP contribution in [0.15, 0.2) is 61.2 Å². The van der Waals surface area contributed by atoms with Crippen molar-refractivity contribution in [3.63, 3.8) is 0 Å². The van der Waals surface area contributed by atoms with Crippen molar-refractivity contribution in [1.82, 2.24) is 20.1 Å². The first kappa shape index (κ1) is 18.3. The number of aromatic nitrogens is 3. The van der Waals surface area contributed by atoms with Crippen molar-refractivity contribution in [3.8, 4) is 5.69 Å². The Morgan fingerprint density at radius 2 is 1.74 bits per heavy atom. The molecule has 0 bridgehead atoms. The highest BCUT2D eigenvalue weighted by Crippen LogP contribution is 2.12. The third-order valence-corrected chi connectivity index (χ3v) is 4.01. The van der Waals surface area contributed by atoms with Crippen molar-refractivity contribution < 1.29 is 9.59 Å². The van der Waals surface area contributed by atoms with Crippen LogP contribution in [-0.2, 0) is 11.3 Å². The van der Waals surface area contributed by atoms with Gasteiger partial charge in [0.05, 0.1) is 5.69 Å². The fourth-order valence-corrected chi connectivity index (χ4v) is 2.38. The molecule has 0 spiro atoms. The first-order chi connectivity index (χ1) is 13.0. The maximum absolute atomic E-state index is 12.3. The summed E-state index contributed by atoms with van der Waals surface area (Å²) in [6, 6.07) is 14.5. The number of nitrogens with one attached hydrogen (secondary N) is 2. The summed E-state index contributed by atoms with van der Waals surface area (Å²) < 4.78 is 1.67. The van der Waals surface area contributed by atoms with E-state index in [4.69, 9.17) is 0 Å². The second-order valence-corrected chi connectivity index (χ2v) is 6.41. The van der Waals surface area contributed by atoms with Gasteiger partial charge < -0.3 is 10.6 Å². The van der Waals surface area contributed by atoms with E-state index < -0.39 is 0 Å². The largest absolute Gasteiger partial charge is 0.348 e. The Morgan fingerprint density at radius 1 is 1.04 bits per heavy atom. The predicted molar refractivity (Wildman–Crippen MR) is 102 cm³/mol. The number of anilines is 1. The predicted octanol–water partition coefficient (Wildman–Crippen LogP) is 2.79. The first-order valence-electron chi connectivity index (χ1n) is 8.66. The highest BCUT2D eigenvalue weighted by Gasteiger charge is 2.09. The topological polar surface area (TPSA) is 88.9 Å². The molecule has 1 heterocycles. The van der Waals surface area contributed by atoms with Gasteiger partial charge in [-0.05, 0) is 42.0 Å². The van der Waals surface area contributed by atoms with Gasteiger partial charge >= 0.3 is 0 Å². The van der Waals surface area contributed by atoms with Crippen LogP contribution in [0.5, 0.6) is 0 Å². The van der Waals surface area contributed by atoms with E-state index in [2.05, 4.69) is 20.7 Å². The summed E-state index contributed by atoms with van der Waals surface area (Å²) in [5.74, 6) is -0.317. The highest BCUT2D eigenvalue weighted by atomic mass is 16.2. The molecule has 2 aromatic carbocycles. The number of carbonyl (C=O) groups excluding carboxylic acids is 2. The molecule has 0 radical (unpaired) electrons. The zero-order chi connectivity index (χ0) is 19.2. The number of rotatable bonds is 6. The molecule has 7 heteroatoms. The second kappa shape index (κ2) is 8.27. The average molecular weight is 363 g/mol. The number of carbonyl (C=O) groups is 2. The lowest BCUT2D eigenvalue weighted by Gasteiger charge is -2.09. The molecule has 1 aromatic heterocycles. The normalized spacial score (nSPS) is 10.6. The highest BCUT2D eigenvalue weighted by molar-refractivity contribution is 5.96. The maximum atomic E-state index is 12.3. The van der Waals surface area contributed by atoms with Crippen molar-refractivity contribution in [3.05, 3.63) is 72.3 Å². The summed E-state index contributed by atoms with van der Waals surface area (Å²) in [6.07, 6.45) is 3.11. The number of amides is 2. The fourth-order valence-electron chi connectivity index (χ4n) is 2.38. The molecule has 138 valence electrons. The molecular weight excluding hydrogens is 342 g/mol. The smallest absolute Gasteiger partial charge is 0.251 e. The lowest BCUT2D eigenvalue weighted by molar-refractivity contribution is -0.118. The minimum atomic E-state index is -0.169. The molecule has 0 unspecified atom stereocenters. The summed E-state index contributed by atoms with van der Waals surface area (Å²) in [5, 5.41) is 9.76. The molecule has 0 aliphatic heterocycles. The molecule has 3 aromatic rings. The third kappa shape index (κ3) is 4.78. The molecule has 0 saturated heterocycles. The van der Waals surface area contributed by atoms with Crippen LogP contribution in [0.4, 0.5) is 5.69 Å². The standard InChI is InChI=1S/C20H21N5O2/c1-14(2)19(26)24-17-7-5-16(6-8-17)20(27)22-11-15-3-9-18(10-4-15)25-13-21-12-23-25/h3-10,12-14H,11H2,1-2H3,(H,22,27)(H,24,26). The summed E-state index contributed by atoms with van der Waals surface area (Å²) in [5.41, 5.74) is 3.10. The van der Waals surface area contributed by atoms with E-state index in [9.17, 15) is 9.59 Å². The third-order valence-electron chi connectivity index (χ3n) is 4.01. The SMILES string of the molecule is CC(C)C(=O)Nc1ccc(C(=O)NCc2ccc(-n3cncn3)cc2)cc1. The molecule has 0 saturated carbocycles. The summed E-state index contributed by atoms with van der Waals surface area (Å²) in [6.45, 7) is 4.08. The summed E-state index contributed by atoms with van der Waals surface area (Å²) >= 11 is 0. The van der Waals surface area contributed by atoms with Crippen LogP contribution in [-0.4, -0.2) is 26.6 Å². The number of benzene rings is 2.